The molecule has 0 saturated heterocycles. The molecule has 1 aromatic heterocycles. The largest absolute Gasteiger partial charge is 0.495 e. The molecule has 0 spiro atoms. The van der Waals surface area contributed by atoms with Crippen molar-refractivity contribution in [2.45, 2.75) is 0 Å². The fourth-order valence-electron chi connectivity index (χ4n) is 2.83. The van der Waals surface area contributed by atoms with E-state index in [9.17, 15) is 9.59 Å². The minimum absolute atomic E-state index is 0.109. The Balaban J connectivity index is 1.85. The van der Waals surface area contributed by atoms with E-state index in [1.54, 1.807) is 24.3 Å². The van der Waals surface area contributed by atoms with Crippen LogP contribution in [0.2, 0.25) is 10.0 Å². The van der Waals surface area contributed by atoms with Crippen molar-refractivity contribution in [1.82, 2.24) is 9.97 Å². The first-order chi connectivity index (χ1) is 15.8. The molecule has 2 aromatic carbocycles. The van der Waals surface area contributed by atoms with Crippen molar-refractivity contribution in [1.29, 1.82) is 0 Å². The predicted octanol–water partition coefficient (Wildman–Crippen LogP) is 4.31. The molecule has 0 saturated carbocycles. The number of methoxy groups -OCH3 is 2. The molecular weight excluding hydrogens is 471 g/mol. The number of amides is 3. The van der Waals surface area contributed by atoms with Crippen molar-refractivity contribution >= 4 is 58.2 Å². The van der Waals surface area contributed by atoms with Crippen molar-refractivity contribution in [3.63, 3.8) is 0 Å². The van der Waals surface area contributed by atoms with Crippen molar-refractivity contribution in [2.24, 2.45) is 5.73 Å². The number of para-hydroxylation sites is 1. The molecule has 3 amide bonds. The maximum absolute atomic E-state index is 12.9. The number of aromatic nitrogens is 2. The fourth-order valence-corrected chi connectivity index (χ4v) is 3.43. The smallest absolute Gasteiger partial charge is 0.327 e. The van der Waals surface area contributed by atoms with E-state index < -0.39 is 11.9 Å². The number of carbonyl (C=O) groups is 2. The number of anilines is 4. The number of nitrogens with two attached hydrogens (primary N) is 1. The molecule has 0 bridgehead atoms. The van der Waals surface area contributed by atoms with Crippen LogP contribution in [0, 0.1) is 0 Å². The summed E-state index contributed by atoms with van der Waals surface area (Å²) in [6, 6.07) is 9.14. The van der Waals surface area contributed by atoms with Gasteiger partial charge in [0.2, 0.25) is 0 Å². The number of urea groups is 1. The second-order valence-electron chi connectivity index (χ2n) is 6.57. The highest BCUT2D eigenvalue weighted by atomic mass is 35.5. The minimum Gasteiger partial charge on any atom is -0.495 e. The quantitative estimate of drug-likeness (QED) is 0.449. The van der Waals surface area contributed by atoms with Gasteiger partial charge >= 0.3 is 6.03 Å². The van der Waals surface area contributed by atoms with Gasteiger partial charge in [0, 0.05) is 19.2 Å². The van der Waals surface area contributed by atoms with Gasteiger partial charge in [0.1, 0.15) is 39.5 Å². The van der Waals surface area contributed by atoms with E-state index in [-0.39, 0.29) is 33.0 Å². The third-order valence-corrected chi connectivity index (χ3v) is 5.31. The molecule has 3 rings (SSSR count). The van der Waals surface area contributed by atoms with Crippen LogP contribution in [0.15, 0.2) is 42.7 Å². The van der Waals surface area contributed by atoms with Gasteiger partial charge in [-0.05, 0) is 12.1 Å². The molecule has 0 aliphatic carbocycles. The molecule has 10 nitrogen and oxygen atoms in total. The van der Waals surface area contributed by atoms with Gasteiger partial charge in [-0.3, -0.25) is 9.69 Å². The molecule has 3 aromatic rings. The SMILES string of the molecule is COc1cc(OC)c(Cl)c(NC(=O)N(C)c2cc(Nc3ccccc3C(N)=O)ncn2)c1Cl. The minimum atomic E-state index is -0.591. The van der Waals surface area contributed by atoms with Gasteiger partial charge in [0.15, 0.2) is 0 Å². The van der Waals surface area contributed by atoms with Gasteiger partial charge in [-0.25, -0.2) is 14.8 Å². The van der Waals surface area contributed by atoms with Gasteiger partial charge in [0.25, 0.3) is 5.91 Å². The summed E-state index contributed by atoms with van der Waals surface area (Å²) in [4.78, 5) is 34.0. The van der Waals surface area contributed by atoms with Crippen LogP contribution in [0.25, 0.3) is 0 Å². The lowest BCUT2D eigenvalue weighted by atomic mass is 10.1. The van der Waals surface area contributed by atoms with Crippen molar-refractivity contribution in [3.05, 3.63) is 58.3 Å². The van der Waals surface area contributed by atoms with E-state index in [4.69, 9.17) is 38.4 Å². The molecule has 0 aliphatic heterocycles. The maximum Gasteiger partial charge on any atom is 0.327 e. The topological polar surface area (TPSA) is 132 Å². The first-order valence-corrected chi connectivity index (χ1v) is 10.1. The number of hydrogen-bond acceptors (Lipinski definition) is 7. The summed E-state index contributed by atoms with van der Waals surface area (Å²) in [6.07, 6.45) is 1.27. The van der Waals surface area contributed by atoms with Crippen LogP contribution >= 0.6 is 23.2 Å². The Morgan fingerprint density at radius 2 is 1.67 bits per heavy atom. The van der Waals surface area contributed by atoms with E-state index in [1.165, 1.54) is 44.6 Å². The summed E-state index contributed by atoms with van der Waals surface area (Å²) in [5, 5.41) is 5.86. The van der Waals surface area contributed by atoms with Gasteiger partial charge in [-0.2, -0.15) is 0 Å². The van der Waals surface area contributed by atoms with E-state index in [0.29, 0.717) is 17.1 Å². The lowest BCUT2D eigenvalue weighted by Crippen LogP contribution is -2.32. The van der Waals surface area contributed by atoms with Crippen molar-refractivity contribution < 1.29 is 19.1 Å². The van der Waals surface area contributed by atoms with Crippen LogP contribution in [0.3, 0.4) is 0 Å². The highest BCUT2D eigenvalue weighted by Gasteiger charge is 2.22. The van der Waals surface area contributed by atoms with Crippen molar-refractivity contribution in [3.8, 4) is 11.5 Å². The number of hydrogen-bond donors (Lipinski definition) is 3. The lowest BCUT2D eigenvalue weighted by molar-refractivity contribution is 0.100. The van der Waals surface area contributed by atoms with E-state index in [1.807, 2.05) is 0 Å². The second kappa shape index (κ2) is 10.2. The zero-order chi connectivity index (χ0) is 24.1. The molecule has 0 fully saturated rings. The number of rotatable bonds is 7. The number of benzene rings is 2. The van der Waals surface area contributed by atoms with Crippen LogP contribution in [0.1, 0.15) is 10.4 Å². The summed E-state index contributed by atoms with van der Waals surface area (Å²) in [5.74, 6) is 0.553. The number of ether oxygens (including phenoxy) is 2. The molecule has 0 radical (unpaired) electrons. The van der Waals surface area contributed by atoms with Crippen LogP contribution in [0.5, 0.6) is 11.5 Å². The number of nitrogens with one attached hydrogen (secondary N) is 2. The second-order valence-corrected chi connectivity index (χ2v) is 7.33. The third-order valence-electron chi connectivity index (χ3n) is 4.56. The van der Waals surface area contributed by atoms with Crippen LogP contribution in [-0.4, -0.2) is 43.2 Å². The Morgan fingerprint density at radius 3 is 2.27 bits per heavy atom. The number of nitrogens with zero attached hydrogens (tertiary/aromatic N) is 3. The fraction of sp³-hybridized carbons (Fsp3) is 0.143. The van der Waals surface area contributed by atoms with Crippen LogP contribution in [-0.2, 0) is 0 Å². The lowest BCUT2D eigenvalue weighted by Gasteiger charge is -2.20. The Bertz CT molecular complexity index is 1180. The number of carbonyl (C=O) groups excluding carboxylic acids is 2. The summed E-state index contributed by atoms with van der Waals surface area (Å²) in [7, 11) is 4.36. The van der Waals surface area contributed by atoms with Crippen LogP contribution < -0.4 is 30.7 Å². The van der Waals surface area contributed by atoms with Crippen LogP contribution in [0.4, 0.5) is 27.8 Å². The van der Waals surface area contributed by atoms with E-state index in [0.717, 1.165) is 0 Å². The van der Waals surface area contributed by atoms with Gasteiger partial charge in [-0.15, -0.1) is 0 Å². The molecule has 0 unspecified atom stereocenters. The third kappa shape index (κ3) is 5.18. The Morgan fingerprint density at radius 1 is 1.03 bits per heavy atom. The molecule has 4 N–H and O–H groups in total. The molecule has 172 valence electrons. The zero-order valence-corrected chi connectivity index (χ0v) is 19.4. The summed E-state index contributed by atoms with van der Waals surface area (Å²) >= 11 is 12.6. The maximum atomic E-state index is 12.9. The Kier molecular flexibility index (Phi) is 7.41. The first-order valence-electron chi connectivity index (χ1n) is 9.39. The summed E-state index contributed by atoms with van der Waals surface area (Å²) < 4.78 is 10.4. The Labute approximate surface area is 199 Å². The van der Waals surface area contributed by atoms with Crippen molar-refractivity contribution in [2.75, 3.05) is 36.8 Å². The average molecular weight is 491 g/mol. The molecule has 0 aliphatic rings. The zero-order valence-electron chi connectivity index (χ0n) is 17.8. The van der Waals surface area contributed by atoms with Gasteiger partial charge < -0.3 is 25.8 Å². The van der Waals surface area contributed by atoms with Gasteiger partial charge in [0.05, 0.1) is 31.2 Å². The highest BCUT2D eigenvalue weighted by Crippen LogP contribution is 2.44. The molecule has 1 heterocycles. The summed E-state index contributed by atoms with van der Waals surface area (Å²) in [5.41, 5.74) is 6.29. The molecule has 33 heavy (non-hydrogen) atoms. The molecular formula is C21H20Cl2N6O4. The average Bonchev–Trinajstić information content (AvgIpc) is 2.81. The highest BCUT2D eigenvalue weighted by molar-refractivity contribution is 6.41. The number of halogens is 2. The monoisotopic (exact) mass is 490 g/mol. The standard InChI is InChI=1S/C21H20Cl2N6O4/c1-29(21(31)28-19-17(22)13(32-2)8-14(33-3)18(19)23)16-9-15(25-10-26-16)27-12-7-5-4-6-11(12)20(24)30/h4-10H,1-3H3,(H2,24,30)(H,28,31)(H,25,26,27). The molecule has 0 atom stereocenters. The van der Waals surface area contributed by atoms with E-state index >= 15 is 0 Å². The predicted molar refractivity (Wildman–Crippen MR) is 127 cm³/mol. The molecule has 12 heteroatoms. The first kappa shape index (κ1) is 23.9. The van der Waals surface area contributed by atoms with E-state index in [2.05, 4.69) is 20.6 Å². The number of primary amides is 1. The van der Waals surface area contributed by atoms with Gasteiger partial charge in [-0.1, -0.05) is 35.3 Å². The Hall–Kier alpha value is -3.76. The summed E-state index contributed by atoms with van der Waals surface area (Å²) in [6.45, 7) is 0. The normalized spacial score (nSPS) is 10.3.